The van der Waals surface area contributed by atoms with Gasteiger partial charge in [0.15, 0.2) is 0 Å². The molecule has 100 valence electrons. The molecule has 0 atom stereocenters. The number of pyridine rings is 1. The highest BCUT2D eigenvalue weighted by Crippen LogP contribution is 2.25. The van der Waals surface area contributed by atoms with E-state index in [2.05, 4.69) is 64.9 Å². The van der Waals surface area contributed by atoms with Gasteiger partial charge in [-0.1, -0.05) is 24.3 Å². The fourth-order valence-electron chi connectivity index (χ4n) is 3.03. The monoisotopic (exact) mass is 263 g/mol. The Morgan fingerprint density at radius 2 is 1.90 bits per heavy atom. The molecule has 0 fully saturated rings. The van der Waals surface area contributed by atoms with Crippen LogP contribution in [-0.4, -0.2) is 15.9 Å². The fourth-order valence-corrected chi connectivity index (χ4v) is 3.03. The first-order valence-electron chi connectivity index (χ1n) is 7.08. The molecule has 3 heteroatoms. The van der Waals surface area contributed by atoms with E-state index in [9.17, 15) is 0 Å². The van der Waals surface area contributed by atoms with Crippen LogP contribution in [0.25, 0.3) is 5.65 Å². The van der Waals surface area contributed by atoms with Crippen molar-refractivity contribution < 1.29 is 0 Å². The Morgan fingerprint density at radius 3 is 2.75 bits per heavy atom. The summed E-state index contributed by atoms with van der Waals surface area (Å²) in [7, 11) is 0. The smallest absolute Gasteiger partial charge is 0.140 e. The summed E-state index contributed by atoms with van der Waals surface area (Å²) in [5, 5.41) is 0. The lowest BCUT2D eigenvalue weighted by Gasteiger charge is -2.28. The minimum atomic E-state index is 0.934. The number of fused-ring (bicyclic) bond motifs is 3. The lowest BCUT2D eigenvalue weighted by molar-refractivity contribution is 0.702. The molecule has 0 spiro atoms. The number of para-hydroxylation sites is 1. The lowest BCUT2D eigenvalue weighted by atomic mass is 10.1. The van der Waals surface area contributed by atoms with Crippen LogP contribution < -0.4 is 4.90 Å². The molecule has 0 N–H and O–H groups in total. The van der Waals surface area contributed by atoms with E-state index in [1.165, 1.54) is 22.6 Å². The summed E-state index contributed by atoms with van der Waals surface area (Å²) in [6, 6.07) is 14.9. The number of hydrogen-bond acceptors (Lipinski definition) is 2. The minimum Gasteiger partial charge on any atom is -0.365 e. The van der Waals surface area contributed by atoms with Crippen molar-refractivity contribution in [1.82, 2.24) is 9.38 Å². The van der Waals surface area contributed by atoms with Gasteiger partial charge in [-0.3, -0.25) is 0 Å². The van der Waals surface area contributed by atoms with E-state index in [-0.39, 0.29) is 0 Å². The second-order valence-electron chi connectivity index (χ2n) is 5.40. The molecule has 4 rings (SSSR count). The van der Waals surface area contributed by atoms with Gasteiger partial charge in [-0.05, 0) is 30.7 Å². The number of imidazole rings is 1. The number of anilines is 1. The summed E-state index contributed by atoms with van der Waals surface area (Å²) in [4.78, 5) is 7.25. The number of aromatic nitrogens is 2. The van der Waals surface area contributed by atoms with E-state index >= 15 is 0 Å². The number of nitrogens with zero attached hydrogens (tertiary/aromatic N) is 3. The minimum absolute atomic E-state index is 0.934. The molecule has 0 unspecified atom stereocenters. The van der Waals surface area contributed by atoms with E-state index in [4.69, 9.17) is 4.98 Å². The molecular weight excluding hydrogens is 246 g/mol. The largest absolute Gasteiger partial charge is 0.365 e. The Morgan fingerprint density at radius 1 is 1.05 bits per heavy atom. The molecule has 0 radical (unpaired) electrons. The maximum atomic E-state index is 4.82. The fraction of sp³-hybridized carbons (Fsp3) is 0.235. The summed E-state index contributed by atoms with van der Waals surface area (Å²) in [6.07, 6.45) is 3.15. The van der Waals surface area contributed by atoms with E-state index in [0.717, 1.165) is 25.2 Å². The normalized spacial score (nSPS) is 14.6. The van der Waals surface area contributed by atoms with Crippen LogP contribution in [0.3, 0.4) is 0 Å². The number of aryl methyl sites for hydroxylation is 1. The van der Waals surface area contributed by atoms with Gasteiger partial charge in [0.25, 0.3) is 0 Å². The van der Waals surface area contributed by atoms with Gasteiger partial charge >= 0.3 is 0 Å². The van der Waals surface area contributed by atoms with Crippen molar-refractivity contribution >= 4 is 11.3 Å². The van der Waals surface area contributed by atoms with E-state index < -0.39 is 0 Å². The summed E-state index contributed by atoms with van der Waals surface area (Å²) in [5.41, 5.74) is 6.23. The molecule has 1 aliphatic heterocycles. The highest BCUT2D eigenvalue weighted by atomic mass is 15.2. The molecule has 1 aromatic carbocycles. The van der Waals surface area contributed by atoms with Gasteiger partial charge in [-0.15, -0.1) is 0 Å². The summed E-state index contributed by atoms with van der Waals surface area (Å²) >= 11 is 0. The Balaban J connectivity index is 1.79. The highest BCUT2D eigenvalue weighted by Gasteiger charge is 2.21. The molecule has 3 aromatic rings. The SMILES string of the molecule is Cc1cccn2c3c(nc12)CCN(c1ccccc1)C3. The zero-order valence-electron chi connectivity index (χ0n) is 11.6. The molecule has 20 heavy (non-hydrogen) atoms. The van der Waals surface area contributed by atoms with Crippen molar-refractivity contribution in [3.63, 3.8) is 0 Å². The van der Waals surface area contributed by atoms with E-state index in [0.29, 0.717) is 0 Å². The van der Waals surface area contributed by atoms with Crippen LogP contribution in [0.5, 0.6) is 0 Å². The van der Waals surface area contributed by atoms with Crippen LogP contribution in [-0.2, 0) is 13.0 Å². The van der Waals surface area contributed by atoms with Crippen LogP contribution in [0.1, 0.15) is 17.0 Å². The van der Waals surface area contributed by atoms with Crippen LogP contribution in [0, 0.1) is 6.92 Å². The van der Waals surface area contributed by atoms with Crippen molar-refractivity contribution in [2.45, 2.75) is 19.9 Å². The van der Waals surface area contributed by atoms with Crippen molar-refractivity contribution in [1.29, 1.82) is 0 Å². The Bertz CT molecular complexity index is 759. The maximum absolute atomic E-state index is 4.82. The molecule has 0 amide bonds. The van der Waals surface area contributed by atoms with E-state index in [1.54, 1.807) is 0 Å². The van der Waals surface area contributed by atoms with Gasteiger partial charge < -0.3 is 9.30 Å². The van der Waals surface area contributed by atoms with Gasteiger partial charge in [0, 0.05) is 24.8 Å². The zero-order chi connectivity index (χ0) is 13.5. The van der Waals surface area contributed by atoms with Gasteiger partial charge in [0.2, 0.25) is 0 Å². The highest BCUT2D eigenvalue weighted by molar-refractivity contribution is 5.54. The Labute approximate surface area is 118 Å². The van der Waals surface area contributed by atoms with Crippen LogP contribution >= 0.6 is 0 Å². The third kappa shape index (κ3) is 1.70. The quantitative estimate of drug-likeness (QED) is 0.672. The summed E-state index contributed by atoms with van der Waals surface area (Å²) in [5.74, 6) is 0. The molecular formula is C17H17N3. The standard InChI is InChI=1S/C17H17N3/c1-13-6-5-10-20-16-12-19(14-7-3-2-4-8-14)11-9-15(16)18-17(13)20/h2-8,10H,9,11-12H2,1H3. The first kappa shape index (κ1) is 11.5. The van der Waals surface area contributed by atoms with Crippen molar-refractivity contribution in [3.05, 3.63) is 65.6 Å². The molecule has 0 aliphatic carbocycles. The van der Waals surface area contributed by atoms with E-state index in [1.807, 2.05) is 0 Å². The molecule has 0 saturated carbocycles. The topological polar surface area (TPSA) is 20.5 Å². The molecule has 3 nitrogen and oxygen atoms in total. The van der Waals surface area contributed by atoms with Gasteiger partial charge in [0.05, 0.1) is 17.9 Å². The van der Waals surface area contributed by atoms with Crippen LogP contribution in [0.15, 0.2) is 48.7 Å². The van der Waals surface area contributed by atoms with Crippen LogP contribution in [0.4, 0.5) is 5.69 Å². The molecule has 3 heterocycles. The second kappa shape index (κ2) is 4.37. The Kier molecular flexibility index (Phi) is 2.52. The lowest BCUT2D eigenvalue weighted by Crippen LogP contribution is -2.30. The van der Waals surface area contributed by atoms with Gasteiger partial charge in [0.1, 0.15) is 5.65 Å². The molecule has 0 saturated heterocycles. The predicted molar refractivity (Wildman–Crippen MR) is 81.1 cm³/mol. The third-order valence-electron chi connectivity index (χ3n) is 4.11. The first-order valence-corrected chi connectivity index (χ1v) is 7.08. The maximum Gasteiger partial charge on any atom is 0.140 e. The number of hydrogen-bond donors (Lipinski definition) is 0. The summed E-state index contributed by atoms with van der Waals surface area (Å²) < 4.78 is 2.25. The van der Waals surface area contributed by atoms with Gasteiger partial charge in [-0.2, -0.15) is 0 Å². The van der Waals surface area contributed by atoms with Crippen LogP contribution in [0.2, 0.25) is 0 Å². The average molecular weight is 263 g/mol. The second-order valence-corrected chi connectivity index (χ2v) is 5.40. The Hall–Kier alpha value is -2.29. The number of rotatable bonds is 1. The zero-order valence-corrected chi connectivity index (χ0v) is 11.6. The molecule has 1 aliphatic rings. The first-order chi connectivity index (χ1) is 9.83. The van der Waals surface area contributed by atoms with Gasteiger partial charge in [-0.25, -0.2) is 4.98 Å². The predicted octanol–water partition coefficient (Wildman–Crippen LogP) is 3.21. The molecule has 0 bridgehead atoms. The third-order valence-corrected chi connectivity index (χ3v) is 4.11. The van der Waals surface area contributed by atoms with Crippen molar-refractivity contribution in [2.24, 2.45) is 0 Å². The summed E-state index contributed by atoms with van der Waals surface area (Å²) in [6.45, 7) is 4.10. The number of benzene rings is 1. The van der Waals surface area contributed by atoms with Crippen molar-refractivity contribution in [2.75, 3.05) is 11.4 Å². The van der Waals surface area contributed by atoms with Crippen molar-refractivity contribution in [3.8, 4) is 0 Å². The molecule has 2 aromatic heterocycles. The average Bonchev–Trinajstić information content (AvgIpc) is 2.88.